The second-order valence-electron chi connectivity index (χ2n) is 10.2. The van der Waals surface area contributed by atoms with Crippen molar-refractivity contribution in [3.63, 3.8) is 0 Å². The summed E-state index contributed by atoms with van der Waals surface area (Å²) in [6, 6.07) is 19.3. The van der Waals surface area contributed by atoms with E-state index in [4.69, 9.17) is 14.2 Å². The first-order valence-electron chi connectivity index (χ1n) is 13.3. The van der Waals surface area contributed by atoms with Crippen LogP contribution >= 0.6 is 0 Å². The van der Waals surface area contributed by atoms with Gasteiger partial charge in [0, 0.05) is 18.5 Å². The number of aryl methyl sites for hydroxylation is 1. The van der Waals surface area contributed by atoms with E-state index in [1.165, 1.54) is 24.0 Å². The van der Waals surface area contributed by atoms with Gasteiger partial charge in [-0.15, -0.1) is 0 Å². The molecule has 3 aromatic rings. The van der Waals surface area contributed by atoms with Crippen molar-refractivity contribution in [2.75, 3.05) is 41.4 Å². The summed E-state index contributed by atoms with van der Waals surface area (Å²) < 4.78 is 16.8. The number of nitrogens with one attached hydrogen (secondary N) is 1. The van der Waals surface area contributed by atoms with Crippen molar-refractivity contribution < 1.29 is 33.8 Å². The molecule has 1 aliphatic heterocycles. The minimum atomic E-state index is -0.834. The second-order valence-corrected chi connectivity index (χ2v) is 10.2. The number of carbonyl (C=O) groups is 2. The number of nitrogens with zero attached hydrogens (tertiary/aromatic N) is 1. The van der Waals surface area contributed by atoms with Crippen molar-refractivity contribution in [3.8, 4) is 17.2 Å². The number of ether oxygens (including phenoxy) is 3. The van der Waals surface area contributed by atoms with Gasteiger partial charge in [-0.05, 0) is 53.4 Å². The number of likely N-dealkylation sites (tertiary alicyclic amines) is 1. The van der Waals surface area contributed by atoms with E-state index in [0.717, 1.165) is 17.7 Å². The Kier molecular flexibility index (Phi) is 9.11. The number of carbonyl (C=O) groups excluding carboxylic acids is 2. The largest absolute Gasteiger partial charge is 0.872 e. The van der Waals surface area contributed by atoms with E-state index in [1.54, 1.807) is 36.4 Å². The monoisotopic (exact) mass is 544 g/mol. The van der Waals surface area contributed by atoms with E-state index < -0.39 is 23.5 Å². The molecule has 0 bridgehead atoms. The van der Waals surface area contributed by atoms with E-state index in [1.807, 2.05) is 51.4 Å². The second kappa shape index (κ2) is 12.7. The molecule has 210 valence electrons. The van der Waals surface area contributed by atoms with Gasteiger partial charge in [0.15, 0.2) is 11.5 Å². The Hall–Kier alpha value is -4.30. The Labute approximate surface area is 235 Å². The van der Waals surface area contributed by atoms with Crippen LogP contribution in [0.2, 0.25) is 0 Å². The summed E-state index contributed by atoms with van der Waals surface area (Å²) in [6.07, 6.45) is 0.680. The van der Waals surface area contributed by atoms with Crippen LogP contribution < -0.4 is 24.2 Å². The normalized spacial score (nSPS) is 16.4. The maximum atomic E-state index is 13.9. The van der Waals surface area contributed by atoms with Crippen LogP contribution in [-0.2, 0) is 16.2 Å². The van der Waals surface area contributed by atoms with Gasteiger partial charge in [0.1, 0.15) is 12.4 Å². The smallest absolute Gasteiger partial charge is 0.295 e. The van der Waals surface area contributed by atoms with E-state index in [-0.39, 0.29) is 5.57 Å². The zero-order valence-corrected chi connectivity index (χ0v) is 23.7. The number of ketones is 1. The van der Waals surface area contributed by atoms with E-state index >= 15 is 0 Å². The van der Waals surface area contributed by atoms with Gasteiger partial charge < -0.3 is 29.1 Å². The summed E-state index contributed by atoms with van der Waals surface area (Å²) in [7, 11) is 7.11. The minimum absolute atomic E-state index is 0.0632. The van der Waals surface area contributed by atoms with Crippen LogP contribution in [0.15, 0.2) is 72.3 Å². The molecular formula is C32H36N2O6. The molecular weight excluding hydrogens is 508 g/mol. The van der Waals surface area contributed by atoms with Gasteiger partial charge in [0.05, 0.1) is 40.9 Å². The number of rotatable bonds is 11. The van der Waals surface area contributed by atoms with Crippen molar-refractivity contribution in [1.82, 2.24) is 4.90 Å². The minimum Gasteiger partial charge on any atom is -0.872 e. The zero-order chi connectivity index (χ0) is 28.8. The van der Waals surface area contributed by atoms with Crippen molar-refractivity contribution in [2.45, 2.75) is 26.0 Å². The molecule has 1 unspecified atom stereocenters. The van der Waals surface area contributed by atoms with Crippen LogP contribution in [0.25, 0.3) is 5.76 Å². The molecule has 40 heavy (non-hydrogen) atoms. The zero-order valence-electron chi connectivity index (χ0n) is 23.7. The summed E-state index contributed by atoms with van der Waals surface area (Å²) in [4.78, 5) is 29.3. The molecule has 1 N–H and O–H groups in total. The van der Waals surface area contributed by atoms with Gasteiger partial charge in [0.25, 0.3) is 5.91 Å². The Morgan fingerprint density at radius 3 is 2.27 bits per heavy atom. The van der Waals surface area contributed by atoms with Gasteiger partial charge >= 0.3 is 0 Å². The molecule has 0 spiro atoms. The third-order valence-electron chi connectivity index (χ3n) is 7.00. The molecule has 1 fully saturated rings. The van der Waals surface area contributed by atoms with Crippen LogP contribution in [0.1, 0.15) is 34.7 Å². The van der Waals surface area contributed by atoms with Gasteiger partial charge in [-0.1, -0.05) is 48.2 Å². The molecule has 0 radical (unpaired) electrons. The molecule has 1 heterocycles. The third kappa shape index (κ3) is 6.13. The number of quaternary nitrogens is 1. The highest BCUT2D eigenvalue weighted by molar-refractivity contribution is 6.46. The number of benzene rings is 3. The topological polar surface area (TPSA) is 92.6 Å². The SMILES string of the molecule is COc1ccc(C2C(=C([O-])c3ccc(OCc4ccccc4)c(C)c3)C(=O)C(=O)N2CCC[NH+](C)C)cc1OC. The summed E-state index contributed by atoms with van der Waals surface area (Å²) >= 11 is 0. The standard InChI is InChI=1S/C32H36N2O6/c1-21-18-24(13-14-25(21)40-20-22-10-7-6-8-11-22)30(35)28-29(23-12-15-26(38-4)27(19-23)39-5)34(32(37)31(28)36)17-9-16-33(2)3/h6-8,10-15,18-19,29,35H,9,16-17,20H2,1-5H3. The maximum absolute atomic E-state index is 13.9. The lowest BCUT2D eigenvalue weighted by atomic mass is 9.94. The summed E-state index contributed by atoms with van der Waals surface area (Å²) in [5, 5.41) is 13.9. The molecule has 8 heteroatoms. The molecule has 4 rings (SSSR count). The number of amides is 1. The molecule has 1 atom stereocenters. The summed E-state index contributed by atoms with van der Waals surface area (Å²) in [5.74, 6) is -0.313. The fourth-order valence-corrected chi connectivity index (χ4v) is 4.92. The molecule has 0 aromatic heterocycles. The molecule has 1 amide bonds. The Balaban J connectivity index is 1.72. The van der Waals surface area contributed by atoms with Gasteiger partial charge in [-0.3, -0.25) is 9.59 Å². The first-order valence-corrected chi connectivity index (χ1v) is 13.3. The van der Waals surface area contributed by atoms with Gasteiger partial charge in [-0.2, -0.15) is 0 Å². The van der Waals surface area contributed by atoms with Crippen LogP contribution in [0.3, 0.4) is 0 Å². The van der Waals surface area contributed by atoms with E-state index in [0.29, 0.717) is 47.9 Å². The molecule has 8 nitrogen and oxygen atoms in total. The predicted octanol–water partition coefficient (Wildman–Crippen LogP) is 2.35. The molecule has 0 saturated carbocycles. The lowest BCUT2D eigenvalue weighted by molar-refractivity contribution is -0.858. The highest BCUT2D eigenvalue weighted by Gasteiger charge is 2.44. The molecule has 1 saturated heterocycles. The van der Waals surface area contributed by atoms with Crippen LogP contribution in [0.4, 0.5) is 0 Å². The number of methoxy groups -OCH3 is 2. The average molecular weight is 545 g/mol. The van der Waals surface area contributed by atoms with E-state index in [9.17, 15) is 14.7 Å². The quantitative estimate of drug-likeness (QED) is 0.226. The maximum Gasteiger partial charge on any atom is 0.295 e. The Bertz CT molecular complexity index is 1400. The van der Waals surface area contributed by atoms with Crippen molar-refractivity contribution in [2.24, 2.45) is 0 Å². The van der Waals surface area contributed by atoms with Gasteiger partial charge in [-0.25, -0.2) is 0 Å². The van der Waals surface area contributed by atoms with Crippen molar-refractivity contribution in [1.29, 1.82) is 0 Å². The number of hydrogen-bond acceptors (Lipinski definition) is 6. The van der Waals surface area contributed by atoms with Crippen LogP contribution in [0.5, 0.6) is 17.2 Å². The highest BCUT2D eigenvalue weighted by atomic mass is 16.5. The van der Waals surface area contributed by atoms with Gasteiger partial charge in [0.2, 0.25) is 5.78 Å². The Morgan fingerprint density at radius 1 is 0.925 bits per heavy atom. The third-order valence-corrected chi connectivity index (χ3v) is 7.00. The van der Waals surface area contributed by atoms with E-state index in [2.05, 4.69) is 0 Å². The van der Waals surface area contributed by atoms with Crippen LogP contribution in [-0.4, -0.2) is 58.0 Å². The van der Waals surface area contributed by atoms with Crippen molar-refractivity contribution in [3.05, 3.63) is 94.6 Å². The average Bonchev–Trinajstić information content (AvgIpc) is 3.21. The molecule has 0 aliphatic carbocycles. The number of hydrogen-bond donors (Lipinski definition) is 1. The van der Waals surface area contributed by atoms with Crippen molar-refractivity contribution >= 4 is 17.4 Å². The predicted molar refractivity (Wildman–Crippen MR) is 150 cm³/mol. The lowest BCUT2D eigenvalue weighted by Crippen LogP contribution is -3.05. The fraction of sp³-hybridized carbons (Fsp3) is 0.312. The molecule has 3 aromatic carbocycles. The first-order chi connectivity index (χ1) is 19.2. The van der Waals surface area contributed by atoms with Crippen LogP contribution in [0, 0.1) is 6.92 Å². The Morgan fingerprint density at radius 2 is 1.62 bits per heavy atom. The summed E-state index contributed by atoms with van der Waals surface area (Å²) in [5.41, 5.74) is 2.66. The molecule has 1 aliphatic rings. The lowest BCUT2D eigenvalue weighted by Gasteiger charge is -2.28. The fourth-order valence-electron chi connectivity index (χ4n) is 4.92. The first kappa shape index (κ1) is 28.7. The highest BCUT2D eigenvalue weighted by Crippen LogP contribution is 2.41. The summed E-state index contributed by atoms with van der Waals surface area (Å²) in [6.45, 7) is 3.40. The number of Topliss-reactive ketones (excluding diaryl/α,β-unsaturated/α-hetero) is 1.